The van der Waals surface area contributed by atoms with E-state index in [2.05, 4.69) is 32.9 Å². The zero-order valence-electron chi connectivity index (χ0n) is 22.9. The Balaban J connectivity index is 1.54. The third-order valence-corrected chi connectivity index (χ3v) is 7.04. The van der Waals surface area contributed by atoms with Crippen LogP contribution in [-0.4, -0.2) is 11.1 Å². The molecule has 3 nitrogen and oxygen atoms in total. The smallest absolute Gasteiger partial charge is 0.311 e. The molecule has 3 heteroatoms. The molecule has 0 heterocycles. The maximum atomic E-state index is 12.2. The minimum atomic E-state index is -0.208. The van der Waals surface area contributed by atoms with Crippen molar-refractivity contribution in [2.24, 2.45) is 0 Å². The molecular weight excluding hydrogens is 444 g/mol. The zero-order valence-corrected chi connectivity index (χ0v) is 22.9. The number of unbranched alkanes of at least 4 members (excludes halogenated alkanes) is 11. The van der Waals surface area contributed by atoms with E-state index in [0.29, 0.717) is 12.2 Å². The van der Waals surface area contributed by atoms with Gasteiger partial charge in [-0.15, -0.1) is 0 Å². The summed E-state index contributed by atoms with van der Waals surface area (Å²) in [7, 11) is 0. The predicted octanol–water partition coefficient (Wildman–Crippen LogP) is 9.66. The monoisotopic (exact) mass is 492 g/mol. The minimum Gasteiger partial charge on any atom is -0.508 e. The molecule has 0 aliphatic carbocycles. The number of phenols is 1. The molecule has 0 unspecified atom stereocenters. The maximum absolute atomic E-state index is 12.2. The molecule has 1 N–H and O–H groups in total. The number of allylic oxidation sites excluding steroid dienone is 2. The predicted molar refractivity (Wildman–Crippen MR) is 152 cm³/mol. The number of esters is 1. The van der Waals surface area contributed by atoms with Gasteiger partial charge in [-0.05, 0) is 67.5 Å². The van der Waals surface area contributed by atoms with Crippen molar-refractivity contribution in [2.75, 3.05) is 0 Å². The van der Waals surface area contributed by atoms with Crippen LogP contribution in [0.2, 0.25) is 0 Å². The molecular formula is C33H48O3. The van der Waals surface area contributed by atoms with E-state index in [-0.39, 0.29) is 17.1 Å². The lowest BCUT2D eigenvalue weighted by Crippen LogP contribution is -2.18. The average molecular weight is 493 g/mol. The number of hydrogen-bond acceptors (Lipinski definition) is 3. The largest absolute Gasteiger partial charge is 0.508 e. The summed E-state index contributed by atoms with van der Waals surface area (Å²) in [6.07, 6.45) is 21.4. The lowest BCUT2D eigenvalue weighted by Gasteiger charge is -2.26. The van der Waals surface area contributed by atoms with E-state index in [1.807, 2.05) is 36.4 Å². The molecule has 0 aliphatic heterocycles. The molecule has 0 saturated heterocycles. The summed E-state index contributed by atoms with van der Waals surface area (Å²) >= 11 is 0. The first kappa shape index (κ1) is 29.7. The first-order chi connectivity index (χ1) is 17.4. The van der Waals surface area contributed by atoms with Crippen LogP contribution >= 0.6 is 0 Å². The van der Waals surface area contributed by atoms with Crippen molar-refractivity contribution < 1.29 is 14.6 Å². The van der Waals surface area contributed by atoms with Crippen molar-refractivity contribution in [1.29, 1.82) is 0 Å². The molecule has 0 aliphatic rings. The van der Waals surface area contributed by atoms with Crippen molar-refractivity contribution in [3.05, 3.63) is 71.8 Å². The van der Waals surface area contributed by atoms with Gasteiger partial charge in [-0.1, -0.05) is 109 Å². The summed E-state index contributed by atoms with van der Waals surface area (Å²) in [5.74, 6) is 0.708. The van der Waals surface area contributed by atoms with Gasteiger partial charge in [-0.3, -0.25) is 4.79 Å². The average Bonchev–Trinajstić information content (AvgIpc) is 2.87. The first-order valence-corrected chi connectivity index (χ1v) is 14.2. The number of aromatic hydroxyl groups is 1. The number of phenolic OH excluding ortho intramolecular Hbond substituents is 1. The van der Waals surface area contributed by atoms with Crippen LogP contribution in [0.25, 0.3) is 0 Å². The number of carbonyl (C=O) groups is 1. The molecule has 2 aromatic carbocycles. The standard InChI is InChI=1S/C33H48O3/c1-4-5-6-7-8-9-10-11-12-13-14-15-16-17-18-19-32(35)36-31-26-22-29(23-27-31)33(2,3)28-20-24-30(34)25-21-28/h11-12,20-27,34H,4-10,13-19H2,1-3H3/b12-11-. The van der Waals surface area contributed by atoms with Gasteiger partial charge in [0.1, 0.15) is 11.5 Å². The third kappa shape index (κ3) is 11.5. The maximum Gasteiger partial charge on any atom is 0.311 e. The second kappa shape index (κ2) is 17.0. The van der Waals surface area contributed by atoms with Crippen LogP contribution in [0.15, 0.2) is 60.7 Å². The van der Waals surface area contributed by atoms with Crippen LogP contribution in [-0.2, 0) is 10.2 Å². The number of benzene rings is 2. The van der Waals surface area contributed by atoms with Crippen molar-refractivity contribution in [3.8, 4) is 11.5 Å². The molecule has 0 aromatic heterocycles. The number of hydrogen-bond donors (Lipinski definition) is 1. The van der Waals surface area contributed by atoms with E-state index in [9.17, 15) is 9.90 Å². The van der Waals surface area contributed by atoms with Gasteiger partial charge in [-0.25, -0.2) is 0 Å². The molecule has 0 spiro atoms. The van der Waals surface area contributed by atoms with Crippen LogP contribution in [0.3, 0.4) is 0 Å². The van der Waals surface area contributed by atoms with E-state index < -0.39 is 0 Å². The fraction of sp³-hybridized carbons (Fsp3) is 0.545. The van der Waals surface area contributed by atoms with Gasteiger partial charge in [0, 0.05) is 11.8 Å². The summed E-state index contributed by atoms with van der Waals surface area (Å²) in [6.45, 7) is 6.56. The van der Waals surface area contributed by atoms with Gasteiger partial charge in [-0.2, -0.15) is 0 Å². The summed E-state index contributed by atoms with van der Waals surface area (Å²) in [5.41, 5.74) is 2.04. The number of ether oxygens (including phenoxy) is 1. The molecule has 0 atom stereocenters. The first-order valence-electron chi connectivity index (χ1n) is 14.2. The SMILES string of the molecule is CCCCCCCC/C=C\CCCCCCCC(=O)Oc1ccc(C(C)(C)c2ccc(O)cc2)cc1. The van der Waals surface area contributed by atoms with Gasteiger partial charge in [0.15, 0.2) is 0 Å². The molecule has 2 aromatic rings. The van der Waals surface area contributed by atoms with Gasteiger partial charge in [0.25, 0.3) is 0 Å². The summed E-state index contributed by atoms with van der Waals surface area (Å²) < 4.78 is 5.54. The van der Waals surface area contributed by atoms with Gasteiger partial charge < -0.3 is 9.84 Å². The summed E-state index contributed by atoms with van der Waals surface area (Å²) in [5, 5.41) is 9.55. The number of rotatable bonds is 18. The van der Waals surface area contributed by atoms with Crippen molar-refractivity contribution in [3.63, 3.8) is 0 Å². The van der Waals surface area contributed by atoms with E-state index in [1.54, 1.807) is 12.1 Å². The fourth-order valence-corrected chi connectivity index (χ4v) is 4.51. The van der Waals surface area contributed by atoms with E-state index in [0.717, 1.165) is 24.0 Å². The van der Waals surface area contributed by atoms with Crippen molar-refractivity contribution >= 4 is 5.97 Å². The fourth-order valence-electron chi connectivity index (χ4n) is 4.51. The lowest BCUT2D eigenvalue weighted by molar-refractivity contribution is -0.134. The van der Waals surface area contributed by atoms with Crippen LogP contribution in [0, 0.1) is 0 Å². The van der Waals surface area contributed by atoms with Crippen molar-refractivity contribution in [1.82, 2.24) is 0 Å². The van der Waals surface area contributed by atoms with Gasteiger partial charge >= 0.3 is 5.97 Å². The van der Waals surface area contributed by atoms with Crippen molar-refractivity contribution in [2.45, 2.75) is 116 Å². The highest BCUT2D eigenvalue weighted by Crippen LogP contribution is 2.33. The molecule has 0 radical (unpaired) electrons. The van der Waals surface area contributed by atoms with Crippen LogP contribution in [0.5, 0.6) is 11.5 Å². The Kier molecular flexibility index (Phi) is 14.0. The van der Waals surface area contributed by atoms with Crippen LogP contribution < -0.4 is 4.74 Å². The second-order valence-electron chi connectivity index (χ2n) is 10.5. The van der Waals surface area contributed by atoms with Gasteiger partial charge in [0.05, 0.1) is 0 Å². The Labute approximate surface area is 220 Å². The second-order valence-corrected chi connectivity index (χ2v) is 10.5. The highest BCUT2D eigenvalue weighted by atomic mass is 16.5. The van der Waals surface area contributed by atoms with Crippen LogP contribution in [0.4, 0.5) is 0 Å². The van der Waals surface area contributed by atoms with Crippen LogP contribution in [0.1, 0.15) is 122 Å². The topological polar surface area (TPSA) is 46.5 Å². The molecule has 0 saturated carbocycles. The Morgan fingerprint density at radius 2 is 1.19 bits per heavy atom. The number of carbonyl (C=O) groups excluding carboxylic acids is 1. The Morgan fingerprint density at radius 1 is 0.722 bits per heavy atom. The Morgan fingerprint density at radius 3 is 1.75 bits per heavy atom. The molecule has 0 fully saturated rings. The zero-order chi connectivity index (χ0) is 26.1. The quantitative estimate of drug-likeness (QED) is 0.0975. The normalized spacial score (nSPS) is 11.8. The van der Waals surface area contributed by atoms with Gasteiger partial charge in [0.2, 0.25) is 0 Å². The molecule has 0 amide bonds. The third-order valence-electron chi connectivity index (χ3n) is 7.04. The van der Waals surface area contributed by atoms with E-state index >= 15 is 0 Å². The Hall–Kier alpha value is -2.55. The lowest BCUT2D eigenvalue weighted by atomic mass is 9.78. The Bertz CT molecular complexity index is 878. The summed E-state index contributed by atoms with van der Waals surface area (Å²) in [6, 6.07) is 15.1. The molecule has 0 bridgehead atoms. The molecule has 198 valence electrons. The highest BCUT2D eigenvalue weighted by molar-refractivity contribution is 5.72. The molecule has 36 heavy (non-hydrogen) atoms. The molecule has 2 rings (SSSR count). The minimum absolute atomic E-state index is 0.154. The highest BCUT2D eigenvalue weighted by Gasteiger charge is 2.23. The summed E-state index contributed by atoms with van der Waals surface area (Å²) in [4.78, 5) is 12.2. The van der Waals surface area contributed by atoms with E-state index in [4.69, 9.17) is 4.74 Å². The van der Waals surface area contributed by atoms with E-state index in [1.165, 1.54) is 70.6 Å².